The second-order valence-electron chi connectivity index (χ2n) is 11.3. The van der Waals surface area contributed by atoms with Crippen molar-refractivity contribution in [1.29, 1.82) is 0 Å². The van der Waals surface area contributed by atoms with Gasteiger partial charge in [0.25, 0.3) is 11.9 Å². The van der Waals surface area contributed by atoms with E-state index in [0.29, 0.717) is 6.42 Å². The number of carbonyl (C=O) groups is 5. The van der Waals surface area contributed by atoms with E-state index in [1.54, 1.807) is 0 Å². The van der Waals surface area contributed by atoms with Gasteiger partial charge in [0, 0.05) is 31.3 Å². The molecule has 0 aliphatic carbocycles. The molecule has 1 aromatic heterocycles. The Morgan fingerprint density at radius 3 is 2.51 bits per heavy atom. The molecule has 2 amide bonds. The molecule has 4 rings (SSSR count). The Kier molecular flexibility index (Phi) is 8.86. The number of fused-ring (bicyclic) bond motifs is 2. The van der Waals surface area contributed by atoms with Crippen molar-refractivity contribution >= 4 is 36.3 Å². The summed E-state index contributed by atoms with van der Waals surface area (Å²) in [6.07, 6.45) is 3.64. The Hall–Kier alpha value is -4.13. The van der Waals surface area contributed by atoms with E-state index in [0.717, 1.165) is 5.56 Å². The number of Topliss-reactive ketones (excluding diaryl/α,β-unsaturated/α-hetero) is 1. The van der Waals surface area contributed by atoms with Crippen molar-refractivity contribution in [3.8, 4) is 0 Å². The van der Waals surface area contributed by atoms with Gasteiger partial charge in [-0.2, -0.15) is 0 Å². The predicted octanol–water partition coefficient (Wildman–Crippen LogP) is 1.38. The van der Waals surface area contributed by atoms with Crippen molar-refractivity contribution in [2.45, 2.75) is 63.4 Å². The maximum absolute atomic E-state index is 13.9. The third-order valence-corrected chi connectivity index (χ3v) is 7.35. The number of nitrogens with one attached hydrogen (secondary N) is 1. The molecule has 13 heteroatoms. The molecular formula is C28H35BN4O8. The Balaban J connectivity index is 1.62. The van der Waals surface area contributed by atoms with Crippen LogP contribution in [-0.2, 0) is 34.9 Å². The van der Waals surface area contributed by atoms with Crippen molar-refractivity contribution in [3.05, 3.63) is 60.2 Å². The van der Waals surface area contributed by atoms with Crippen molar-refractivity contribution in [1.82, 2.24) is 20.2 Å². The Morgan fingerprint density at radius 2 is 1.88 bits per heavy atom. The molecule has 218 valence electrons. The summed E-state index contributed by atoms with van der Waals surface area (Å²) < 4.78 is 16.0. The number of aliphatic carboxylic acids is 1. The molecule has 1 aromatic carbocycles. The van der Waals surface area contributed by atoms with Gasteiger partial charge in [-0.1, -0.05) is 50.6 Å². The highest BCUT2D eigenvalue weighted by Gasteiger charge is 2.69. The SMILES string of the molecule is CC(C)C[C@H](CC(=O)[C@H](Cc1ccccc1)NC(=O)c1cnccn1)[B-]12OC(=O)C[C@@](CC(=O)N(C)C)(O1)C(=O)[OH+]2. The van der Waals surface area contributed by atoms with Gasteiger partial charge in [-0.15, -0.1) is 0 Å². The van der Waals surface area contributed by atoms with Crippen LogP contribution in [0.1, 0.15) is 55.6 Å². The lowest BCUT2D eigenvalue weighted by Gasteiger charge is -2.43. The quantitative estimate of drug-likeness (QED) is 0.296. The maximum atomic E-state index is 13.9. The van der Waals surface area contributed by atoms with Crippen LogP contribution < -0.4 is 5.32 Å². The molecule has 0 spiro atoms. The van der Waals surface area contributed by atoms with Gasteiger partial charge in [-0.25, -0.2) is 4.98 Å². The molecule has 1 unspecified atom stereocenters. The average Bonchev–Trinajstić information content (AvgIpc) is 3.13. The molecule has 2 aromatic rings. The minimum absolute atomic E-state index is 0.0127. The zero-order valence-electron chi connectivity index (χ0n) is 23.6. The normalized spacial score (nSPS) is 22.9. The fourth-order valence-corrected chi connectivity index (χ4v) is 5.35. The van der Waals surface area contributed by atoms with Gasteiger partial charge >= 0.3 is 12.7 Å². The number of amides is 2. The number of benzene rings is 1. The first kappa shape index (κ1) is 29.8. The van der Waals surface area contributed by atoms with Gasteiger partial charge < -0.3 is 24.2 Å². The van der Waals surface area contributed by atoms with Crippen LogP contribution in [0.3, 0.4) is 0 Å². The largest absolute Gasteiger partial charge is 0.716 e. The van der Waals surface area contributed by atoms with Crippen LogP contribution >= 0.6 is 0 Å². The number of ketones is 1. The van der Waals surface area contributed by atoms with Gasteiger partial charge in [0.1, 0.15) is 5.69 Å². The highest BCUT2D eigenvalue weighted by molar-refractivity contribution is 6.67. The van der Waals surface area contributed by atoms with Gasteiger partial charge in [-0.05, 0) is 30.1 Å². The minimum Gasteiger partial charge on any atom is -0.716 e. The summed E-state index contributed by atoms with van der Waals surface area (Å²) >= 11 is 0. The van der Waals surface area contributed by atoms with Crippen LogP contribution in [-0.4, -0.2) is 81.6 Å². The van der Waals surface area contributed by atoms with Gasteiger partial charge in [0.2, 0.25) is 11.5 Å². The highest BCUT2D eigenvalue weighted by Crippen LogP contribution is 2.47. The smallest absolute Gasteiger partial charge is 0.576 e. The Bertz CT molecular complexity index is 1310. The summed E-state index contributed by atoms with van der Waals surface area (Å²) in [5.41, 5.74) is -0.897. The summed E-state index contributed by atoms with van der Waals surface area (Å²) in [7, 11) is 3.08. The number of aromatic nitrogens is 2. The molecule has 0 saturated carbocycles. The number of carbonyl (C=O) groups excluding carboxylic acids is 4. The van der Waals surface area contributed by atoms with E-state index >= 15 is 0 Å². The summed E-state index contributed by atoms with van der Waals surface area (Å²) in [4.78, 5) is 74.7. The van der Waals surface area contributed by atoms with E-state index < -0.39 is 54.4 Å². The molecule has 12 nitrogen and oxygen atoms in total. The van der Waals surface area contributed by atoms with Gasteiger partial charge in [0.05, 0.1) is 25.1 Å². The lowest BCUT2D eigenvalue weighted by Crippen LogP contribution is -2.57. The number of hydrogen-bond donors (Lipinski definition) is 1. The zero-order chi connectivity index (χ0) is 29.8. The van der Waals surface area contributed by atoms with Crippen molar-refractivity contribution in [2.24, 2.45) is 5.92 Å². The summed E-state index contributed by atoms with van der Waals surface area (Å²) in [6, 6.07) is 8.23. The number of carboxylic acids is 1. The fourth-order valence-electron chi connectivity index (χ4n) is 5.35. The lowest BCUT2D eigenvalue weighted by molar-refractivity contribution is -0.160. The van der Waals surface area contributed by atoms with Crippen LogP contribution in [0.25, 0.3) is 0 Å². The topological polar surface area (TPSA) is 158 Å². The molecule has 2 N–H and O–H groups in total. The standard InChI is InChI=1S/C28H35BN4O8/c1-18(2)12-20(29-39-25(36)16-28(41-29,27(38)40-29)15-24(35)33(3)4)14-23(34)21(13-19-8-6-5-7-9-19)32-26(37)22-17-30-10-11-31-22/h5-11,17-18,20-21,40H,12-16H2,1-4H3,(H,32,37)/t20-,21+,28-,29?/m1/s1. The monoisotopic (exact) mass is 566 g/mol. The molecule has 41 heavy (non-hydrogen) atoms. The first-order valence-electron chi connectivity index (χ1n) is 13.6. The Labute approximate surface area is 238 Å². The molecule has 2 bridgehead atoms. The first-order valence-corrected chi connectivity index (χ1v) is 13.6. The molecule has 2 saturated heterocycles. The Morgan fingerprint density at radius 1 is 1.15 bits per heavy atom. The molecule has 4 atom stereocenters. The van der Waals surface area contributed by atoms with Gasteiger partial charge in [-0.3, -0.25) is 24.2 Å². The van der Waals surface area contributed by atoms with Crippen molar-refractivity contribution in [3.63, 3.8) is 0 Å². The van der Waals surface area contributed by atoms with Gasteiger partial charge in [0.15, 0.2) is 5.78 Å². The van der Waals surface area contributed by atoms with E-state index in [1.807, 2.05) is 44.2 Å². The highest BCUT2D eigenvalue weighted by atomic mass is 16.8. The van der Waals surface area contributed by atoms with E-state index in [2.05, 4.69) is 19.9 Å². The van der Waals surface area contributed by atoms with Crippen molar-refractivity contribution in [2.75, 3.05) is 14.1 Å². The molecule has 3 heterocycles. The molecular weight excluding hydrogens is 531 g/mol. The summed E-state index contributed by atoms with van der Waals surface area (Å²) in [5, 5.41) is 2.77. The van der Waals surface area contributed by atoms with E-state index in [4.69, 9.17) is 9.31 Å². The first-order chi connectivity index (χ1) is 19.4. The lowest BCUT2D eigenvalue weighted by atomic mass is 9.57. The zero-order valence-corrected chi connectivity index (χ0v) is 23.6. The molecule has 2 fully saturated rings. The summed E-state index contributed by atoms with van der Waals surface area (Å²) in [6.45, 7) is 0.926. The van der Waals surface area contributed by atoms with Crippen LogP contribution in [0.4, 0.5) is 0 Å². The average molecular weight is 566 g/mol. The molecule has 2 aliphatic heterocycles. The number of nitrogens with zero attached hydrogens (tertiary/aromatic N) is 3. The van der Waals surface area contributed by atoms with Crippen LogP contribution in [0.15, 0.2) is 48.9 Å². The maximum Gasteiger partial charge on any atom is 0.576 e. The molecule has 0 radical (unpaired) electrons. The second kappa shape index (κ2) is 12.2. The van der Waals surface area contributed by atoms with Crippen LogP contribution in [0.5, 0.6) is 0 Å². The second-order valence-corrected chi connectivity index (χ2v) is 11.3. The van der Waals surface area contributed by atoms with E-state index in [-0.39, 0.29) is 36.7 Å². The fraction of sp³-hybridized carbons (Fsp3) is 0.464. The van der Waals surface area contributed by atoms with Crippen LogP contribution in [0.2, 0.25) is 5.82 Å². The number of hydrogen-bond acceptors (Lipinski definition) is 9. The number of rotatable bonds is 12. The van der Waals surface area contributed by atoms with E-state index in [1.165, 1.54) is 37.6 Å². The minimum atomic E-state index is -2.92. The van der Waals surface area contributed by atoms with E-state index in [9.17, 15) is 24.0 Å². The van der Waals surface area contributed by atoms with Crippen LogP contribution in [0, 0.1) is 5.92 Å². The molecule has 2 aliphatic rings. The third kappa shape index (κ3) is 6.79. The summed E-state index contributed by atoms with van der Waals surface area (Å²) in [5.74, 6) is -3.56. The third-order valence-electron chi connectivity index (χ3n) is 7.35. The van der Waals surface area contributed by atoms with Crippen molar-refractivity contribution < 1.29 is 37.9 Å². The predicted molar refractivity (Wildman–Crippen MR) is 147 cm³/mol.